The summed E-state index contributed by atoms with van der Waals surface area (Å²) in [7, 11) is 0. The molecule has 2 aromatic heterocycles. The number of ether oxygens (including phenoxy) is 1. The smallest absolute Gasteiger partial charge is 0.214 e. The van der Waals surface area contributed by atoms with Gasteiger partial charge in [0, 0.05) is 12.3 Å². The Balaban J connectivity index is 1.68. The number of hydrogen-bond acceptors (Lipinski definition) is 4. The second kappa shape index (κ2) is 7.59. The van der Waals surface area contributed by atoms with Gasteiger partial charge in [0.1, 0.15) is 11.6 Å². The summed E-state index contributed by atoms with van der Waals surface area (Å²) in [6.45, 7) is 0. The maximum absolute atomic E-state index is 13.4. The van der Waals surface area contributed by atoms with Crippen molar-refractivity contribution < 1.29 is 13.5 Å². The molecule has 0 aliphatic heterocycles. The molecular formula is C23H19F2N3O. The van der Waals surface area contributed by atoms with Crippen molar-refractivity contribution >= 4 is 0 Å². The summed E-state index contributed by atoms with van der Waals surface area (Å²) >= 11 is 0. The zero-order valence-electron chi connectivity index (χ0n) is 15.7. The average molecular weight is 391 g/mol. The first-order valence-corrected chi connectivity index (χ1v) is 9.45. The first kappa shape index (κ1) is 19.0. The molecule has 1 aliphatic rings. The minimum Gasteiger partial charge on any atom is -0.465 e. The van der Waals surface area contributed by atoms with Crippen LogP contribution in [0.2, 0.25) is 0 Å². The van der Waals surface area contributed by atoms with Gasteiger partial charge in [-0.05, 0) is 61.6 Å². The van der Waals surface area contributed by atoms with E-state index in [1.165, 1.54) is 24.4 Å². The van der Waals surface area contributed by atoms with E-state index in [2.05, 4.69) is 16.0 Å². The molecule has 1 fully saturated rings. The average Bonchev–Trinajstić information content (AvgIpc) is 2.76. The van der Waals surface area contributed by atoms with Crippen LogP contribution in [0.1, 0.15) is 36.9 Å². The lowest BCUT2D eigenvalue weighted by Crippen LogP contribution is -2.43. The van der Waals surface area contributed by atoms with Crippen molar-refractivity contribution in [3.05, 3.63) is 89.9 Å². The Labute approximate surface area is 167 Å². The summed E-state index contributed by atoms with van der Waals surface area (Å²) < 4.78 is 33.1. The highest BCUT2D eigenvalue weighted by Gasteiger charge is 2.47. The van der Waals surface area contributed by atoms with E-state index >= 15 is 0 Å². The van der Waals surface area contributed by atoms with E-state index in [0.29, 0.717) is 37.3 Å². The maximum Gasteiger partial charge on any atom is 0.214 e. The van der Waals surface area contributed by atoms with Crippen LogP contribution in [0.4, 0.5) is 8.78 Å². The SMILES string of the molecule is N#CC1(c2ccc(F)cc2)CCC(Oc2ccccn2)(c2ccc(F)cn2)CC1. The molecule has 0 N–H and O–H groups in total. The molecular weight excluding hydrogens is 372 g/mol. The van der Waals surface area contributed by atoms with Crippen molar-refractivity contribution in [2.75, 3.05) is 0 Å². The molecule has 1 saturated carbocycles. The lowest BCUT2D eigenvalue weighted by molar-refractivity contribution is 0.00388. The van der Waals surface area contributed by atoms with Gasteiger partial charge >= 0.3 is 0 Å². The molecule has 146 valence electrons. The van der Waals surface area contributed by atoms with E-state index in [-0.39, 0.29) is 5.82 Å². The number of benzene rings is 1. The largest absolute Gasteiger partial charge is 0.465 e. The summed E-state index contributed by atoms with van der Waals surface area (Å²) in [5.41, 5.74) is -0.150. The zero-order chi connectivity index (χ0) is 20.3. The molecule has 0 spiro atoms. The molecule has 0 saturated heterocycles. The maximum atomic E-state index is 13.4. The summed E-state index contributed by atoms with van der Waals surface area (Å²) in [4.78, 5) is 8.52. The molecule has 4 nitrogen and oxygen atoms in total. The quantitative estimate of drug-likeness (QED) is 0.623. The van der Waals surface area contributed by atoms with Crippen molar-refractivity contribution in [3.8, 4) is 11.9 Å². The number of halogens is 2. The Hall–Kier alpha value is -3.33. The van der Waals surface area contributed by atoms with Crippen LogP contribution in [0.25, 0.3) is 0 Å². The zero-order valence-corrected chi connectivity index (χ0v) is 15.7. The minimum absolute atomic E-state index is 0.332. The molecule has 29 heavy (non-hydrogen) atoms. The van der Waals surface area contributed by atoms with Crippen LogP contribution in [0, 0.1) is 23.0 Å². The highest BCUT2D eigenvalue weighted by molar-refractivity contribution is 5.35. The highest BCUT2D eigenvalue weighted by atomic mass is 19.1. The van der Waals surface area contributed by atoms with Crippen molar-refractivity contribution in [1.29, 1.82) is 5.26 Å². The lowest BCUT2D eigenvalue weighted by Gasteiger charge is -2.43. The number of pyridine rings is 2. The first-order valence-electron chi connectivity index (χ1n) is 9.45. The van der Waals surface area contributed by atoms with Gasteiger partial charge in [0.05, 0.1) is 23.4 Å². The second-order valence-corrected chi connectivity index (χ2v) is 7.33. The molecule has 1 aromatic carbocycles. The van der Waals surface area contributed by atoms with Crippen molar-refractivity contribution in [3.63, 3.8) is 0 Å². The van der Waals surface area contributed by atoms with Gasteiger partial charge in [0.25, 0.3) is 0 Å². The molecule has 0 unspecified atom stereocenters. The molecule has 0 bridgehead atoms. The van der Waals surface area contributed by atoms with Gasteiger partial charge in [0.2, 0.25) is 5.88 Å². The molecule has 4 rings (SSSR count). The van der Waals surface area contributed by atoms with E-state index in [9.17, 15) is 14.0 Å². The third-order valence-electron chi connectivity index (χ3n) is 5.65. The molecule has 0 atom stereocenters. The summed E-state index contributed by atoms with van der Waals surface area (Å²) in [5, 5.41) is 9.97. The van der Waals surface area contributed by atoms with Crippen LogP contribution >= 0.6 is 0 Å². The van der Waals surface area contributed by atoms with Gasteiger partial charge in [-0.25, -0.2) is 13.8 Å². The van der Waals surface area contributed by atoms with Gasteiger partial charge in [-0.3, -0.25) is 4.98 Å². The summed E-state index contributed by atoms with van der Waals surface area (Å²) in [6.07, 6.45) is 4.80. The Kier molecular flexibility index (Phi) is 4.98. The molecule has 3 aromatic rings. The van der Waals surface area contributed by atoms with Gasteiger partial charge in [-0.1, -0.05) is 18.2 Å². The Morgan fingerprint density at radius 3 is 2.17 bits per heavy atom. The van der Waals surface area contributed by atoms with Gasteiger partial charge < -0.3 is 4.74 Å². The fourth-order valence-electron chi connectivity index (χ4n) is 3.98. The number of hydrogen-bond donors (Lipinski definition) is 0. The third-order valence-corrected chi connectivity index (χ3v) is 5.65. The van der Waals surface area contributed by atoms with Crippen LogP contribution in [0.3, 0.4) is 0 Å². The van der Waals surface area contributed by atoms with Crippen molar-refractivity contribution in [1.82, 2.24) is 9.97 Å². The van der Waals surface area contributed by atoms with Crippen LogP contribution in [0.15, 0.2) is 67.0 Å². The number of nitrogens with zero attached hydrogens (tertiary/aromatic N) is 3. The molecule has 0 amide bonds. The van der Waals surface area contributed by atoms with Gasteiger partial charge in [0.15, 0.2) is 5.60 Å². The van der Waals surface area contributed by atoms with E-state index in [0.717, 1.165) is 5.56 Å². The molecule has 6 heteroatoms. The monoisotopic (exact) mass is 391 g/mol. The second-order valence-electron chi connectivity index (χ2n) is 7.33. The Morgan fingerprint density at radius 1 is 0.862 bits per heavy atom. The first-order chi connectivity index (χ1) is 14.1. The number of nitriles is 1. The fourth-order valence-corrected chi connectivity index (χ4v) is 3.98. The highest BCUT2D eigenvalue weighted by Crippen LogP contribution is 2.48. The standard InChI is InChI=1S/C23H19F2N3O/c24-18-6-4-17(5-7-18)22(16-26)10-12-23(13-11-22,20-9-8-19(25)15-28-20)29-21-3-1-2-14-27-21/h1-9,14-15H,10-13H2. The molecule has 1 aliphatic carbocycles. The predicted octanol–water partition coefficient (Wildman–Crippen LogP) is 5.06. The third kappa shape index (κ3) is 3.68. The minimum atomic E-state index is -0.817. The van der Waals surface area contributed by atoms with E-state index < -0.39 is 16.8 Å². The summed E-state index contributed by atoms with van der Waals surface area (Å²) in [6, 6.07) is 16.9. The lowest BCUT2D eigenvalue weighted by atomic mass is 9.65. The van der Waals surface area contributed by atoms with Crippen LogP contribution in [-0.4, -0.2) is 9.97 Å². The van der Waals surface area contributed by atoms with Crippen molar-refractivity contribution in [2.45, 2.75) is 36.7 Å². The predicted molar refractivity (Wildman–Crippen MR) is 103 cm³/mol. The topological polar surface area (TPSA) is 58.8 Å². The van der Waals surface area contributed by atoms with Gasteiger partial charge in [-0.15, -0.1) is 0 Å². The molecule has 0 radical (unpaired) electrons. The van der Waals surface area contributed by atoms with E-state index in [4.69, 9.17) is 4.74 Å². The number of rotatable bonds is 4. The number of aromatic nitrogens is 2. The van der Waals surface area contributed by atoms with E-state index in [1.807, 2.05) is 6.07 Å². The normalized spacial score (nSPS) is 23.9. The molecule has 2 heterocycles. The summed E-state index contributed by atoms with van der Waals surface area (Å²) in [5.74, 6) is -0.305. The van der Waals surface area contributed by atoms with Gasteiger partial charge in [-0.2, -0.15) is 5.26 Å². The van der Waals surface area contributed by atoms with E-state index in [1.54, 1.807) is 36.5 Å². The fraction of sp³-hybridized carbons (Fsp3) is 0.261. The Bertz CT molecular complexity index is 1010. The van der Waals surface area contributed by atoms with Crippen molar-refractivity contribution in [2.24, 2.45) is 0 Å². The van der Waals surface area contributed by atoms with Crippen LogP contribution in [-0.2, 0) is 11.0 Å². The van der Waals surface area contributed by atoms with Crippen LogP contribution in [0.5, 0.6) is 5.88 Å². The van der Waals surface area contributed by atoms with Crippen LogP contribution < -0.4 is 4.74 Å². The Morgan fingerprint density at radius 2 is 1.59 bits per heavy atom.